The highest BCUT2D eigenvalue weighted by atomic mass is 35.5. The molecule has 0 heterocycles. The van der Waals surface area contributed by atoms with E-state index in [-0.39, 0.29) is 5.91 Å². The van der Waals surface area contributed by atoms with Crippen molar-refractivity contribution >= 4 is 29.3 Å². The average molecular weight is 298 g/mol. The summed E-state index contributed by atoms with van der Waals surface area (Å²) in [5.41, 5.74) is 1.70. The molecule has 1 aliphatic carbocycles. The number of rotatable bonds is 5. The van der Waals surface area contributed by atoms with Gasteiger partial charge in [-0.05, 0) is 36.3 Å². The normalized spacial score (nSPS) is 22.4. The van der Waals surface area contributed by atoms with Gasteiger partial charge in [0.25, 0.3) is 5.91 Å². The predicted octanol–water partition coefficient (Wildman–Crippen LogP) is 3.83. The van der Waals surface area contributed by atoms with Crippen molar-refractivity contribution in [3.8, 4) is 0 Å². The third-order valence-corrected chi connectivity index (χ3v) is 5.13. The first-order chi connectivity index (χ1) is 9.24. The topological polar surface area (TPSA) is 29.1 Å². The van der Waals surface area contributed by atoms with Crippen molar-refractivity contribution in [2.75, 3.05) is 5.75 Å². The van der Waals surface area contributed by atoms with Crippen molar-refractivity contribution in [1.29, 1.82) is 0 Å². The smallest absolute Gasteiger partial charge is 0.251 e. The summed E-state index contributed by atoms with van der Waals surface area (Å²) >= 11 is 7.76. The van der Waals surface area contributed by atoms with E-state index in [1.54, 1.807) is 0 Å². The van der Waals surface area contributed by atoms with Crippen LogP contribution in [0.2, 0.25) is 0 Å². The fraction of sp³-hybridized carbons (Fsp3) is 0.533. The zero-order valence-electron chi connectivity index (χ0n) is 11.2. The van der Waals surface area contributed by atoms with E-state index in [1.807, 2.05) is 36.0 Å². The molecule has 0 bridgehead atoms. The standard InChI is InChI=1S/C15H20ClNOS/c1-2-19-14-8-4-7-13(14)17-15(18)12-6-3-5-11(9-12)10-16/h3,5-6,9,13-14H,2,4,7-8,10H2,1H3,(H,17,18). The van der Waals surface area contributed by atoms with Gasteiger partial charge >= 0.3 is 0 Å². The summed E-state index contributed by atoms with van der Waals surface area (Å²) in [7, 11) is 0. The predicted molar refractivity (Wildman–Crippen MR) is 83.0 cm³/mol. The Labute approximate surface area is 124 Å². The minimum atomic E-state index is 0.0283. The number of benzene rings is 1. The average Bonchev–Trinajstić information content (AvgIpc) is 2.86. The largest absolute Gasteiger partial charge is 0.348 e. The van der Waals surface area contributed by atoms with Gasteiger partial charge < -0.3 is 5.32 Å². The lowest BCUT2D eigenvalue weighted by atomic mass is 10.1. The maximum absolute atomic E-state index is 12.3. The van der Waals surface area contributed by atoms with Gasteiger partial charge in [-0.25, -0.2) is 0 Å². The van der Waals surface area contributed by atoms with Crippen LogP contribution >= 0.6 is 23.4 Å². The molecule has 2 unspecified atom stereocenters. The number of hydrogen-bond acceptors (Lipinski definition) is 2. The van der Waals surface area contributed by atoms with E-state index in [1.165, 1.54) is 12.8 Å². The summed E-state index contributed by atoms with van der Waals surface area (Å²) in [5.74, 6) is 1.58. The lowest BCUT2D eigenvalue weighted by Crippen LogP contribution is -2.38. The number of hydrogen-bond donors (Lipinski definition) is 1. The molecular formula is C15H20ClNOS. The Morgan fingerprint density at radius 1 is 1.47 bits per heavy atom. The minimum Gasteiger partial charge on any atom is -0.348 e. The molecule has 1 saturated carbocycles. The van der Waals surface area contributed by atoms with E-state index in [4.69, 9.17) is 11.6 Å². The van der Waals surface area contributed by atoms with Gasteiger partial charge in [0.1, 0.15) is 0 Å². The second kappa shape index (κ2) is 7.20. The first-order valence-corrected chi connectivity index (χ1v) is 8.40. The van der Waals surface area contributed by atoms with Gasteiger partial charge in [0.2, 0.25) is 0 Å². The molecule has 0 saturated heterocycles. The highest BCUT2D eigenvalue weighted by molar-refractivity contribution is 7.99. The van der Waals surface area contributed by atoms with Gasteiger partial charge in [0.05, 0.1) is 0 Å². The summed E-state index contributed by atoms with van der Waals surface area (Å²) < 4.78 is 0. The van der Waals surface area contributed by atoms with E-state index < -0.39 is 0 Å². The Kier molecular flexibility index (Phi) is 5.59. The SMILES string of the molecule is CCSC1CCCC1NC(=O)c1cccc(CCl)c1. The van der Waals surface area contributed by atoms with Crippen LogP contribution in [0.5, 0.6) is 0 Å². The number of carbonyl (C=O) groups excluding carboxylic acids is 1. The number of carbonyl (C=O) groups is 1. The Bertz CT molecular complexity index is 438. The van der Waals surface area contributed by atoms with Crippen LogP contribution in [0.25, 0.3) is 0 Å². The van der Waals surface area contributed by atoms with Gasteiger partial charge in [-0.3, -0.25) is 4.79 Å². The van der Waals surface area contributed by atoms with E-state index >= 15 is 0 Å². The van der Waals surface area contributed by atoms with Crippen LogP contribution in [0.1, 0.15) is 42.1 Å². The van der Waals surface area contributed by atoms with Crippen LogP contribution in [0.4, 0.5) is 0 Å². The zero-order chi connectivity index (χ0) is 13.7. The molecule has 1 fully saturated rings. The molecule has 1 amide bonds. The van der Waals surface area contributed by atoms with Crippen molar-refractivity contribution < 1.29 is 4.79 Å². The van der Waals surface area contributed by atoms with Crippen molar-refractivity contribution in [2.24, 2.45) is 0 Å². The van der Waals surface area contributed by atoms with Crippen molar-refractivity contribution in [3.63, 3.8) is 0 Å². The van der Waals surface area contributed by atoms with Crippen molar-refractivity contribution in [2.45, 2.75) is 43.4 Å². The van der Waals surface area contributed by atoms with E-state index in [0.29, 0.717) is 22.7 Å². The molecule has 0 radical (unpaired) electrons. The molecule has 1 aromatic carbocycles. The number of amides is 1. The van der Waals surface area contributed by atoms with Crippen molar-refractivity contribution in [3.05, 3.63) is 35.4 Å². The molecule has 2 atom stereocenters. The number of nitrogens with one attached hydrogen (secondary N) is 1. The zero-order valence-corrected chi connectivity index (χ0v) is 12.8. The first-order valence-electron chi connectivity index (χ1n) is 6.82. The Morgan fingerprint density at radius 3 is 3.05 bits per heavy atom. The third-order valence-electron chi connectivity index (χ3n) is 3.49. The number of thioether (sulfide) groups is 1. The molecule has 104 valence electrons. The number of halogens is 1. The highest BCUT2D eigenvalue weighted by Gasteiger charge is 2.28. The molecular weight excluding hydrogens is 278 g/mol. The molecule has 0 aliphatic heterocycles. The van der Waals surface area contributed by atoms with E-state index in [2.05, 4.69) is 12.2 Å². The Morgan fingerprint density at radius 2 is 2.32 bits per heavy atom. The monoisotopic (exact) mass is 297 g/mol. The second-order valence-corrected chi connectivity index (χ2v) is 6.62. The maximum atomic E-state index is 12.3. The molecule has 19 heavy (non-hydrogen) atoms. The van der Waals surface area contributed by atoms with Gasteiger partial charge in [0.15, 0.2) is 0 Å². The summed E-state index contributed by atoms with van der Waals surface area (Å²) in [6, 6.07) is 7.87. The van der Waals surface area contributed by atoms with Crippen LogP contribution < -0.4 is 5.32 Å². The summed E-state index contributed by atoms with van der Waals surface area (Å²) in [6.45, 7) is 2.17. The summed E-state index contributed by atoms with van der Waals surface area (Å²) in [5, 5.41) is 3.75. The van der Waals surface area contributed by atoms with Gasteiger partial charge in [-0.1, -0.05) is 25.5 Å². The van der Waals surface area contributed by atoms with Crippen LogP contribution in [0.15, 0.2) is 24.3 Å². The molecule has 0 aromatic heterocycles. The summed E-state index contributed by atoms with van der Waals surface area (Å²) in [6.07, 6.45) is 3.52. The van der Waals surface area contributed by atoms with E-state index in [9.17, 15) is 4.79 Å². The van der Waals surface area contributed by atoms with Gasteiger partial charge in [-0.15, -0.1) is 11.6 Å². The first kappa shape index (κ1) is 14.7. The molecule has 1 aromatic rings. The fourth-order valence-corrected chi connectivity index (χ4v) is 3.92. The molecule has 0 spiro atoms. The minimum absolute atomic E-state index is 0.0283. The van der Waals surface area contributed by atoms with Gasteiger partial charge in [-0.2, -0.15) is 11.8 Å². The third kappa shape index (κ3) is 3.90. The lowest BCUT2D eigenvalue weighted by Gasteiger charge is -2.20. The molecule has 1 N–H and O–H groups in total. The molecule has 2 nitrogen and oxygen atoms in total. The Balaban J connectivity index is 1.99. The quantitative estimate of drug-likeness (QED) is 0.837. The number of alkyl halides is 1. The fourth-order valence-electron chi connectivity index (χ4n) is 2.55. The Hall–Kier alpha value is -0.670. The van der Waals surface area contributed by atoms with Crippen LogP contribution in [-0.2, 0) is 5.88 Å². The van der Waals surface area contributed by atoms with Crippen molar-refractivity contribution in [1.82, 2.24) is 5.32 Å². The summed E-state index contributed by atoms with van der Waals surface area (Å²) in [4.78, 5) is 12.3. The molecule has 2 rings (SSSR count). The molecule has 4 heteroatoms. The van der Waals surface area contributed by atoms with Crippen LogP contribution in [0, 0.1) is 0 Å². The highest BCUT2D eigenvalue weighted by Crippen LogP contribution is 2.30. The lowest BCUT2D eigenvalue weighted by molar-refractivity contribution is 0.0938. The second-order valence-electron chi connectivity index (χ2n) is 4.84. The van der Waals surface area contributed by atoms with Gasteiger partial charge in [0, 0.05) is 22.7 Å². The van der Waals surface area contributed by atoms with E-state index in [0.717, 1.165) is 17.7 Å². The van der Waals surface area contributed by atoms with Crippen LogP contribution in [-0.4, -0.2) is 23.0 Å². The maximum Gasteiger partial charge on any atom is 0.251 e. The van der Waals surface area contributed by atoms with Crippen LogP contribution in [0.3, 0.4) is 0 Å². The molecule has 1 aliphatic rings.